The number of rotatable bonds is 11. The van der Waals surface area contributed by atoms with Crippen LogP contribution < -0.4 is 0 Å². The molecule has 0 aliphatic rings. The first-order valence-corrected chi connectivity index (χ1v) is 30.5. The second kappa shape index (κ2) is 23.2. The Hall–Kier alpha value is -12.8. The summed E-state index contributed by atoms with van der Waals surface area (Å²) in [6.07, 6.45) is 2.56. The fourth-order valence-electron chi connectivity index (χ4n) is 13.1. The van der Waals surface area contributed by atoms with Gasteiger partial charge in [0.05, 0.1) is 74.9 Å². The van der Waals surface area contributed by atoms with Crippen molar-refractivity contribution in [1.82, 2.24) is 29.1 Å². The normalized spacial score (nSPS) is 11.5. The number of fused-ring (bicyclic) bond motifs is 6. The molecule has 0 radical (unpaired) electrons. The third kappa shape index (κ3) is 9.98. The molecule has 0 spiro atoms. The number of aromatic nitrogens is 6. The molecule has 6 heterocycles. The predicted molar refractivity (Wildman–Crippen MR) is 373 cm³/mol. The highest BCUT2D eigenvalue weighted by atomic mass is 19.4. The van der Waals surface area contributed by atoms with Gasteiger partial charge < -0.3 is 9.13 Å². The molecule has 0 aliphatic heterocycles. The maximum atomic E-state index is 15.8. The number of hydrogen-bond donors (Lipinski definition) is 0. The van der Waals surface area contributed by atoms with Crippen LogP contribution in [0.15, 0.2) is 298 Å². The van der Waals surface area contributed by atoms with Crippen LogP contribution in [0.4, 0.5) is 24.5 Å². The molecule has 0 saturated heterocycles. The minimum atomic E-state index is -4.89. The zero-order valence-electron chi connectivity index (χ0n) is 50.0. The van der Waals surface area contributed by atoms with Gasteiger partial charge in [-0.1, -0.05) is 194 Å². The lowest BCUT2D eigenvalue weighted by atomic mass is 9.94. The van der Waals surface area contributed by atoms with E-state index >= 15 is 13.2 Å². The van der Waals surface area contributed by atoms with E-state index in [9.17, 15) is 6.57 Å². The monoisotopic (exact) mass is 1210 g/mol. The lowest BCUT2D eigenvalue weighted by Crippen LogP contribution is -2.09. The summed E-state index contributed by atoms with van der Waals surface area (Å²) in [5.74, 6) is 0. The molecule has 11 heteroatoms. The molecule has 0 bridgehead atoms. The summed E-state index contributed by atoms with van der Waals surface area (Å²) in [6, 6.07) is 87.7. The van der Waals surface area contributed by atoms with Gasteiger partial charge in [0, 0.05) is 96.4 Å². The first kappa shape index (κ1) is 56.4. The number of benzene rings is 10. The van der Waals surface area contributed by atoms with Crippen LogP contribution >= 0.6 is 0 Å². The molecule has 8 nitrogen and oxygen atoms in total. The maximum absolute atomic E-state index is 15.8. The van der Waals surface area contributed by atoms with Crippen LogP contribution in [0.25, 0.3) is 165 Å². The van der Waals surface area contributed by atoms with Gasteiger partial charge in [-0.05, 0) is 107 Å². The number of halogens is 3. The van der Waals surface area contributed by atoms with Crippen LogP contribution in [0.5, 0.6) is 0 Å². The van der Waals surface area contributed by atoms with Crippen LogP contribution in [0.3, 0.4) is 0 Å². The highest BCUT2D eigenvalue weighted by Gasteiger charge is 2.37. The van der Waals surface area contributed by atoms with E-state index in [1.54, 1.807) is 12.1 Å². The summed E-state index contributed by atoms with van der Waals surface area (Å²) in [5.41, 5.74) is 16.2. The van der Waals surface area contributed by atoms with E-state index in [0.29, 0.717) is 16.7 Å². The first-order chi connectivity index (χ1) is 46.1. The Morgan fingerprint density at radius 2 is 0.649 bits per heavy atom. The van der Waals surface area contributed by atoms with Crippen molar-refractivity contribution in [3.63, 3.8) is 0 Å². The van der Waals surface area contributed by atoms with E-state index in [4.69, 9.17) is 26.5 Å². The molecular formula is C83H49F3N8. The minimum absolute atomic E-state index is 0.0604. The van der Waals surface area contributed by atoms with Crippen molar-refractivity contribution in [2.45, 2.75) is 6.18 Å². The van der Waals surface area contributed by atoms with E-state index in [-0.39, 0.29) is 28.2 Å². The van der Waals surface area contributed by atoms with E-state index in [1.165, 1.54) is 12.1 Å². The highest BCUT2D eigenvalue weighted by Crippen LogP contribution is 2.52. The Morgan fingerprint density at radius 1 is 0.309 bits per heavy atom. The molecule has 0 atom stereocenters. The zero-order chi connectivity index (χ0) is 63.4. The average Bonchev–Trinajstić information content (AvgIpc) is 1.54. The third-order valence-corrected chi connectivity index (χ3v) is 17.6. The standard InChI is InChI=1S/C83H49F3N8/c1-87-74-25-15-24-69(83(84,85)86)80(74)64-34-43-79(93-75-39-30-56(60-26-35-70(89-48-60)52-16-7-3-8-17-52)44-65(75)66-45-57(31-40-76(66)93)61-27-36-71(90-49-61)53-18-9-4-10-19-53)81(88-2)82(64)94-77-41-32-58(62-28-37-72(91-50-62)54-20-11-5-12-21-54)46-67(77)68-47-59(33-42-78(68)94)63-29-38-73(92-51-63)55-22-13-6-14-23-55/h3-51H. The summed E-state index contributed by atoms with van der Waals surface area (Å²) in [5, 5.41) is 3.27. The molecule has 0 aliphatic carbocycles. The molecule has 0 fully saturated rings. The largest absolute Gasteiger partial charge is 0.415 e. The van der Waals surface area contributed by atoms with Gasteiger partial charge in [0.25, 0.3) is 0 Å². The lowest BCUT2D eigenvalue weighted by molar-refractivity contribution is -0.137. The van der Waals surface area contributed by atoms with Crippen LogP contribution in [-0.4, -0.2) is 29.1 Å². The molecule has 0 amide bonds. The quantitative estimate of drug-likeness (QED) is 0.121. The van der Waals surface area contributed by atoms with Crippen molar-refractivity contribution in [3.05, 3.63) is 326 Å². The van der Waals surface area contributed by atoms with Crippen molar-refractivity contribution in [1.29, 1.82) is 0 Å². The van der Waals surface area contributed by atoms with Crippen LogP contribution in [-0.2, 0) is 6.18 Å². The van der Waals surface area contributed by atoms with Gasteiger partial charge >= 0.3 is 6.18 Å². The van der Waals surface area contributed by atoms with Crippen molar-refractivity contribution in [2.75, 3.05) is 0 Å². The van der Waals surface area contributed by atoms with Gasteiger partial charge in [-0.2, -0.15) is 13.2 Å². The van der Waals surface area contributed by atoms with Crippen LogP contribution in [0.1, 0.15) is 5.56 Å². The second-order valence-corrected chi connectivity index (χ2v) is 23.0. The molecule has 0 unspecified atom stereocenters. The van der Waals surface area contributed by atoms with Crippen molar-refractivity contribution in [3.8, 4) is 112 Å². The van der Waals surface area contributed by atoms with E-state index in [0.717, 1.165) is 128 Å². The summed E-state index contributed by atoms with van der Waals surface area (Å²) >= 11 is 0. The topological polar surface area (TPSA) is 70.1 Å². The Labute approximate surface area is 538 Å². The number of nitrogens with zero attached hydrogens (tertiary/aromatic N) is 8. The van der Waals surface area contributed by atoms with E-state index in [2.05, 4.69) is 46.1 Å². The fraction of sp³-hybridized carbons (Fsp3) is 0.0120. The second-order valence-electron chi connectivity index (χ2n) is 23.0. The Morgan fingerprint density at radius 3 is 0.957 bits per heavy atom. The van der Waals surface area contributed by atoms with E-state index < -0.39 is 11.7 Å². The van der Waals surface area contributed by atoms with E-state index in [1.807, 2.05) is 240 Å². The van der Waals surface area contributed by atoms with Crippen LogP contribution in [0.2, 0.25) is 0 Å². The van der Waals surface area contributed by atoms with Gasteiger partial charge in [0.1, 0.15) is 0 Å². The predicted octanol–water partition coefficient (Wildman–Crippen LogP) is 22.6. The SMILES string of the molecule is [C-]#[N+]c1cccc(C(F)(F)F)c1-c1ccc(-n2c3ccc(-c4ccc(-c5ccccc5)nc4)cc3c3cc(-c4ccc(-c5ccccc5)nc4)ccc32)c([N+]#[C-])c1-n1c2ccc(-c3ccc(-c4ccccc4)nc3)cc2c2cc(-c3ccc(-c4ccccc4)nc3)ccc21. The summed E-state index contributed by atoms with van der Waals surface area (Å²) in [4.78, 5) is 27.8. The lowest BCUT2D eigenvalue weighted by Gasteiger charge is -2.23. The molecule has 16 aromatic rings. The third-order valence-electron chi connectivity index (χ3n) is 17.6. The van der Waals surface area contributed by atoms with Crippen LogP contribution in [0, 0.1) is 13.1 Å². The zero-order valence-corrected chi connectivity index (χ0v) is 50.0. The Kier molecular flexibility index (Phi) is 13.9. The van der Waals surface area contributed by atoms with Gasteiger partial charge in [0.15, 0.2) is 5.69 Å². The Balaban J connectivity index is 0.950. The maximum Gasteiger partial charge on any atom is 0.415 e. The van der Waals surface area contributed by atoms with Crippen molar-refractivity contribution < 1.29 is 13.2 Å². The number of pyridine rings is 4. The molecule has 0 N–H and O–H groups in total. The molecule has 0 saturated carbocycles. The van der Waals surface area contributed by atoms with Gasteiger partial charge in [-0.3, -0.25) is 19.9 Å². The minimum Gasteiger partial charge on any atom is -0.319 e. The number of alkyl halides is 3. The molecule has 6 aromatic heterocycles. The molecule has 442 valence electrons. The summed E-state index contributed by atoms with van der Waals surface area (Å²) < 4.78 is 51.5. The molecule has 16 rings (SSSR count). The van der Waals surface area contributed by atoms with Crippen molar-refractivity contribution >= 4 is 55.0 Å². The Bertz CT molecular complexity index is 5400. The van der Waals surface area contributed by atoms with Crippen molar-refractivity contribution in [2.24, 2.45) is 0 Å². The molecule has 94 heavy (non-hydrogen) atoms. The molecular weight excluding hydrogens is 1170 g/mol. The number of hydrogen-bond acceptors (Lipinski definition) is 4. The fourth-order valence-corrected chi connectivity index (χ4v) is 13.1. The molecule has 10 aromatic carbocycles. The van der Waals surface area contributed by atoms with Gasteiger partial charge in [0.2, 0.25) is 5.69 Å². The smallest absolute Gasteiger partial charge is 0.319 e. The average molecular weight is 1220 g/mol. The summed E-state index contributed by atoms with van der Waals surface area (Å²) in [7, 11) is 0. The van der Waals surface area contributed by atoms with Gasteiger partial charge in [-0.25, -0.2) is 9.69 Å². The first-order valence-electron chi connectivity index (χ1n) is 30.5. The highest BCUT2D eigenvalue weighted by molar-refractivity contribution is 6.15. The summed E-state index contributed by atoms with van der Waals surface area (Å²) in [6.45, 7) is 17.9. The van der Waals surface area contributed by atoms with Gasteiger partial charge in [-0.15, -0.1) is 0 Å².